The summed E-state index contributed by atoms with van der Waals surface area (Å²) in [7, 11) is 0. The maximum absolute atomic E-state index is 5.93. The minimum absolute atomic E-state index is 0.877. The van der Waals surface area contributed by atoms with Crippen LogP contribution < -0.4 is 10.6 Å². The molecule has 0 radical (unpaired) electrons. The topological polar surface area (TPSA) is 29.3 Å². The standard InChI is InChI=1S/C13H20N2/c1-10-6-8-15(9-7-10)13-5-3-4-12(14)11(13)2/h3-5,10H,6-9,14H2,1-2H3. The molecule has 0 atom stereocenters. The summed E-state index contributed by atoms with van der Waals surface area (Å²) in [4.78, 5) is 2.46. The summed E-state index contributed by atoms with van der Waals surface area (Å²) in [6.07, 6.45) is 2.60. The molecule has 0 bridgehead atoms. The number of benzene rings is 1. The van der Waals surface area contributed by atoms with Crippen LogP contribution in [0.25, 0.3) is 0 Å². The third-order valence-electron chi connectivity index (χ3n) is 3.47. The molecule has 0 spiro atoms. The lowest BCUT2D eigenvalue weighted by Crippen LogP contribution is -2.33. The normalized spacial score (nSPS) is 18.1. The monoisotopic (exact) mass is 204 g/mol. The van der Waals surface area contributed by atoms with E-state index in [1.807, 2.05) is 6.07 Å². The van der Waals surface area contributed by atoms with E-state index in [1.165, 1.54) is 37.2 Å². The number of hydrogen-bond acceptors (Lipinski definition) is 2. The van der Waals surface area contributed by atoms with E-state index in [9.17, 15) is 0 Å². The van der Waals surface area contributed by atoms with Crippen LogP contribution in [0.1, 0.15) is 25.3 Å². The van der Waals surface area contributed by atoms with Crippen LogP contribution in [-0.2, 0) is 0 Å². The Labute approximate surface area is 92.1 Å². The Hall–Kier alpha value is -1.18. The van der Waals surface area contributed by atoms with Gasteiger partial charge < -0.3 is 10.6 Å². The molecule has 0 saturated carbocycles. The molecular formula is C13H20N2. The lowest BCUT2D eigenvalue weighted by molar-refractivity contribution is 0.438. The van der Waals surface area contributed by atoms with E-state index < -0.39 is 0 Å². The van der Waals surface area contributed by atoms with Gasteiger partial charge in [-0.05, 0) is 43.4 Å². The summed E-state index contributed by atoms with van der Waals surface area (Å²) in [6.45, 7) is 6.79. The molecular weight excluding hydrogens is 184 g/mol. The molecule has 1 saturated heterocycles. The maximum atomic E-state index is 5.93. The second-order valence-electron chi connectivity index (χ2n) is 4.66. The van der Waals surface area contributed by atoms with Gasteiger partial charge in [0.05, 0.1) is 0 Å². The van der Waals surface area contributed by atoms with Crippen molar-refractivity contribution in [1.82, 2.24) is 0 Å². The molecule has 1 aliphatic rings. The number of hydrogen-bond donors (Lipinski definition) is 1. The van der Waals surface area contributed by atoms with Gasteiger partial charge in [0.2, 0.25) is 0 Å². The van der Waals surface area contributed by atoms with Crippen LogP contribution in [0, 0.1) is 12.8 Å². The molecule has 2 heteroatoms. The number of rotatable bonds is 1. The van der Waals surface area contributed by atoms with Crippen LogP contribution in [0.2, 0.25) is 0 Å². The molecule has 2 N–H and O–H groups in total. The Morgan fingerprint density at radius 1 is 1.27 bits per heavy atom. The molecule has 82 valence electrons. The van der Waals surface area contributed by atoms with Gasteiger partial charge >= 0.3 is 0 Å². The Kier molecular flexibility index (Phi) is 2.85. The van der Waals surface area contributed by atoms with Crippen molar-refractivity contribution >= 4 is 11.4 Å². The predicted molar refractivity (Wildman–Crippen MR) is 66.2 cm³/mol. The summed E-state index contributed by atoms with van der Waals surface area (Å²) in [5.41, 5.74) is 9.39. The molecule has 2 nitrogen and oxygen atoms in total. The zero-order chi connectivity index (χ0) is 10.8. The van der Waals surface area contributed by atoms with Crippen molar-refractivity contribution in [2.75, 3.05) is 23.7 Å². The second-order valence-corrected chi connectivity index (χ2v) is 4.66. The number of nitrogens with two attached hydrogens (primary N) is 1. The number of nitrogen functional groups attached to an aromatic ring is 1. The molecule has 15 heavy (non-hydrogen) atoms. The van der Waals surface area contributed by atoms with Crippen molar-refractivity contribution in [2.45, 2.75) is 26.7 Å². The molecule has 0 aliphatic carbocycles. The molecule has 2 rings (SSSR count). The van der Waals surface area contributed by atoms with E-state index in [4.69, 9.17) is 5.73 Å². The molecule has 1 fully saturated rings. The third kappa shape index (κ3) is 2.09. The summed E-state index contributed by atoms with van der Waals surface area (Å²) >= 11 is 0. The Morgan fingerprint density at radius 3 is 2.60 bits per heavy atom. The molecule has 1 aromatic carbocycles. The largest absolute Gasteiger partial charge is 0.398 e. The summed E-state index contributed by atoms with van der Waals surface area (Å²) in [5, 5.41) is 0. The quantitative estimate of drug-likeness (QED) is 0.713. The lowest BCUT2D eigenvalue weighted by atomic mass is 9.98. The van der Waals surface area contributed by atoms with Gasteiger partial charge in [0.25, 0.3) is 0 Å². The van der Waals surface area contributed by atoms with Crippen molar-refractivity contribution in [3.8, 4) is 0 Å². The van der Waals surface area contributed by atoms with Crippen LogP contribution in [-0.4, -0.2) is 13.1 Å². The Morgan fingerprint density at radius 2 is 1.93 bits per heavy atom. The fraction of sp³-hybridized carbons (Fsp3) is 0.538. The SMILES string of the molecule is Cc1c(N)cccc1N1CCC(C)CC1. The number of nitrogens with zero attached hydrogens (tertiary/aromatic N) is 1. The molecule has 0 unspecified atom stereocenters. The van der Waals surface area contributed by atoms with Crippen molar-refractivity contribution < 1.29 is 0 Å². The van der Waals surface area contributed by atoms with Gasteiger partial charge in [-0.15, -0.1) is 0 Å². The van der Waals surface area contributed by atoms with Crippen LogP contribution in [0.15, 0.2) is 18.2 Å². The van der Waals surface area contributed by atoms with Crippen LogP contribution in [0.4, 0.5) is 11.4 Å². The van der Waals surface area contributed by atoms with Crippen LogP contribution >= 0.6 is 0 Å². The van der Waals surface area contributed by atoms with Crippen molar-refractivity contribution in [2.24, 2.45) is 5.92 Å². The first kappa shape index (κ1) is 10.3. The van der Waals surface area contributed by atoms with E-state index in [2.05, 4.69) is 30.9 Å². The highest BCUT2D eigenvalue weighted by Gasteiger charge is 2.17. The second kappa shape index (κ2) is 4.13. The maximum Gasteiger partial charge on any atom is 0.0416 e. The minimum Gasteiger partial charge on any atom is -0.398 e. The fourth-order valence-electron chi connectivity index (χ4n) is 2.23. The van der Waals surface area contributed by atoms with Gasteiger partial charge in [0.15, 0.2) is 0 Å². The van der Waals surface area contributed by atoms with E-state index in [-0.39, 0.29) is 0 Å². The zero-order valence-corrected chi connectivity index (χ0v) is 9.66. The molecule has 1 heterocycles. The highest BCUT2D eigenvalue weighted by atomic mass is 15.1. The summed E-state index contributed by atoms with van der Waals surface area (Å²) in [6, 6.07) is 6.21. The average molecular weight is 204 g/mol. The van der Waals surface area contributed by atoms with Gasteiger partial charge in [0, 0.05) is 24.5 Å². The Balaban J connectivity index is 2.19. The van der Waals surface area contributed by atoms with Gasteiger partial charge in [-0.3, -0.25) is 0 Å². The third-order valence-corrected chi connectivity index (χ3v) is 3.47. The first-order valence-electron chi connectivity index (χ1n) is 5.78. The lowest BCUT2D eigenvalue weighted by Gasteiger charge is -2.33. The first-order valence-corrected chi connectivity index (χ1v) is 5.78. The number of anilines is 2. The van der Waals surface area contributed by atoms with Gasteiger partial charge in [0.1, 0.15) is 0 Å². The summed E-state index contributed by atoms with van der Waals surface area (Å²) < 4.78 is 0. The molecule has 1 aromatic rings. The molecule has 0 amide bonds. The van der Waals surface area contributed by atoms with Gasteiger partial charge in [-0.25, -0.2) is 0 Å². The molecule has 0 aromatic heterocycles. The predicted octanol–water partition coefficient (Wildman–Crippen LogP) is 2.81. The van der Waals surface area contributed by atoms with Crippen LogP contribution in [0.3, 0.4) is 0 Å². The van der Waals surface area contributed by atoms with Gasteiger partial charge in [-0.2, -0.15) is 0 Å². The fourth-order valence-corrected chi connectivity index (χ4v) is 2.23. The smallest absolute Gasteiger partial charge is 0.0416 e. The highest BCUT2D eigenvalue weighted by molar-refractivity contribution is 5.64. The van der Waals surface area contributed by atoms with E-state index in [0.717, 1.165) is 11.6 Å². The van der Waals surface area contributed by atoms with Crippen LogP contribution in [0.5, 0.6) is 0 Å². The highest BCUT2D eigenvalue weighted by Crippen LogP contribution is 2.28. The summed E-state index contributed by atoms with van der Waals surface area (Å²) in [5.74, 6) is 0.877. The van der Waals surface area contributed by atoms with E-state index in [0.29, 0.717) is 0 Å². The minimum atomic E-state index is 0.877. The zero-order valence-electron chi connectivity index (χ0n) is 9.66. The average Bonchev–Trinajstić information content (AvgIpc) is 2.24. The van der Waals surface area contributed by atoms with Gasteiger partial charge in [-0.1, -0.05) is 13.0 Å². The van der Waals surface area contributed by atoms with Crippen molar-refractivity contribution in [3.05, 3.63) is 23.8 Å². The van der Waals surface area contributed by atoms with E-state index in [1.54, 1.807) is 0 Å². The van der Waals surface area contributed by atoms with Crippen molar-refractivity contribution in [1.29, 1.82) is 0 Å². The van der Waals surface area contributed by atoms with E-state index >= 15 is 0 Å². The number of piperidine rings is 1. The Bertz CT molecular complexity index is 338. The molecule has 1 aliphatic heterocycles. The van der Waals surface area contributed by atoms with Crippen molar-refractivity contribution in [3.63, 3.8) is 0 Å². The first-order chi connectivity index (χ1) is 7.18.